The van der Waals surface area contributed by atoms with Gasteiger partial charge in [0.05, 0.1) is 0 Å². The largest absolute Gasteiger partial charge is 0.508 e. The van der Waals surface area contributed by atoms with E-state index < -0.39 is 5.60 Å². The molecule has 0 radical (unpaired) electrons. The van der Waals surface area contributed by atoms with Crippen LogP contribution in [-0.2, 0) is 4.74 Å². The number of ether oxygens (including phenoxy) is 1. The van der Waals surface area contributed by atoms with Gasteiger partial charge >= 0.3 is 6.09 Å². The van der Waals surface area contributed by atoms with E-state index >= 15 is 0 Å². The summed E-state index contributed by atoms with van der Waals surface area (Å²) in [7, 11) is 0. The lowest BCUT2D eigenvalue weighted by Gasteiger charge is -2.36. The number of aliphatic hydroxyl groups excluding tert-OH is 1. The summed E-state index contributed by atoms with van der Waals surface area (Å²) in [5.74, 6) is 0.784. The second-order valence-corrected chi connectivity index (χ2v) is 5.97. The van der Waals surface area contributed by atoms with Gasteiger partial charge in [-0.2, -0.15) is 0 Å². The monoisotopic (exact) mass is 251 g/mol. The number of amides is 1. The lowest BCUT2D eigenvalue weighted by Crippen LogP contribution is -2.43. The Hall–Kier alpha value is -1.45. The van der Waals surface area contributed by atoms with E-state index in [-0.39, 0.29) is 6.09 Å². The third-order valence-electron chi connectivity index (χ3n) is 3.24. The minimum Gasteiger partial charge on any atom is -0.508 e. The lowest BCUT2D eigenvalue weighted by molar-refractivity contribution is 0.0228. The van der Waals surface area contributed by atoms with Gasteiger partial charge in [-0.25, -0.2) is 4.79 Å². The van der Waals surface area contributed by atoms with Gasteiger partial charge in [-0.3, -0.25) is 0 Å². The number of allylic oxidation sites excluding steroid dienone is 2. The summed E-state index contributed by atoms with van der Waals surface area (Å²) < 4.78 is 5.37. The zero-order chi connectivity index (χ0) is 13.3. The summed E-state index contributed by atoms with van der Waals surface area (Å²) in [6.45, 7) is 6.90. The van der Waals surface area contributed by atoms with E-state index in [4.69, 9.17) is 4.74 Å². The van der Waals surface area contributed by atoms with Gasteiger partial charge in [0.2, 0.25) is 0 Å². The number of carbonyl (C=O) groups excluding carboxylic acids is 1. The normalized spacial score (nSPS) is 23.9. The van der Waals surface area contributed by atoms with Gasteiger partial charge in [0, 0.05) is 13.1 Å². The fourth-order valence-corrected chi connectivity index (χ4v) is 2.35. The summed E-state index contributed by atoms with van der Waals surface area (Å²) in [4.78, 5) is 13.7. The Labute approximate surface area is 108 Å². The van der Waals surface area contributed by atoms with Crippen LogP contribution in [0.25, 0.3) is 0 Å². The first kappa shape index (κ1) is 13.0. The zero-order valence-electron chi connectivity index (χ0n) is 11.3. The molecule has 1 unspecified atom stereocenters. The van der Waals surface area contributed by atoms with Crippen LogP contribution >= 0.6 is 0 Å². The lowest BCUT2D eigenvalue weighted by atomic mass is 9.85. The van der Waals surface area contributed by atoms with Gasteiger partial charge in [0.1, 0.15) is 11.4 Å². The highest BCUT2D eigenvalue weighted by Crippen LogP contribution is 2.31. The molecule has 1 N–H and O–H groups in total. The molecule has 2 aliphatic rings. The number of fused-ring (bicyclic) bond motifs is 1. The molecule has 0 bridgehead atoms. The Bertz CT molecular complexity index is 404. The highest BCUT2D eigenvalue weighted by atomic mass is 16.6. The minimum absolute atomic E-state index is 0.268. The van der Waals surface area contributed by atoms with E-state index in [1.165, 1.54) is 0 Å². The molecule has 1 saturated heterocycles. The molecule has 0 aromatic heterocycles. The summed E-state index contributed by atoms with van der Waals surface area (Å²) >= 11 is 0. The van der Waals surface area contributed by atoms with E-state index in [1.54, 1.807) is 11.0 Å². The second-order valence-electron chi connectivity index (χ2n) is 5.97. The van der Waals surface area contributed by atoms with E-state index in [2.05, 4.69) is 0 Å². The fourth-order valence-electron chi connectivity index (χ4n) is 2.35. The maximum atomic E-state index is 12.0. The highest BCUT2D eigenvalue weighted by Gasteiger charge is 2.30. The Kier molecular flexibility index (Phi) is 3.37. The van der Waals surface area contributed by atoms with Gasteiger partial charge in [-0.15, -0.1) is 0 Å². The first-order chi connectivity index (χ1) is 8.35. The predicted molar refractivity (Wildman–Crippen MR) is 69.3 cm³/mol. The molecular weight excluding hydrogens is 230 g/mol. The summed E-state index contributed by atoms with van der Waals surface area (Å²) in [6, 6.07) is 0. The summed E-state index contributed by atoms with van der Waals surface area (Å²) in [5, 5.41) is 9.51. The van der Waals surface area contributed by atoms with Crippen molar-refractivity contribution in [3.8, 4) is 0 Å². The number of hydrogen-bond acceptors (Lipinski definition) is 3. The van der Waals surface area contributed by atoms with Crippen molar-refractivity contribution in [1.29, 1.82) is 0 Å². The van der Waals surface area contributed by atoms with Crippen molar-refractivity contribution >= 4 is 6.09 Å². The van der Waals surface area contributed by atoms with Crippen molar-refractivity contribution in [2.45, 2.75) is 39.2 Å². The highest BCUT2D eigenvalue weighted by molar-refractivity contribution is 5.68. The van der Waals surface area contributed by atoms with E-state index in [0.717, 1.165) is 25.0 Å². The maximum absolute atomic E-state index is 12.0. The minimum atomic E-state index is -0.461. The van der Waals surface area contributed by atoms with Crippen molar-refractivity contribution in [3.05, 3.63) is 23.5 Å². The Morgan fingerprint density at radius 3 is 2.89 bits per heavy atom. The fraction of sp³-hybridized carbons (Fsp3) is 0.643. The molecule has 0 spiro atoms. The van der Waals surface area contributed by atoms with Gasteiger partial charge in [0.25, 0.3) is 0 Å². The number of nitrogens with zero attached hydrogens (tertiary/aromatic N) is 1. The first-order valence-corrected chi connectivity index (χ1v) is 6.43. The predicted octanol–water partition coefficient (Wildman–Crippen LogP) is 3.02. The van der Waals surface area contributed by atoms with Crippen molar-refractivity contribution in [1.82, 2.24) is 4.90 Å². The van der Waals surface area contributed by atoms with E-state index in [0.29, 0.717) is 18.2 Å². The quantitative estimate of drug-likeness (QED) is 0.720. The van der Waals surface area contributed by atoms with Crippen LogP contribution in [0.4, 0.5) is 4.79 Å². The molecule has 100 valence electrons. The Morgan fingerprint density at radius 1 is 1.50 bits per heavy atom. The standard InChI is InChI=1S/C14H21NO3/c1-14(2,3)18-13(17)15-7-6-10-4-5-12(16)8-11(10)9-15/h5,8,10,16H,4,6-7,9H2,1-3H3. The number of aliphatic hydroxyl groups is 1. The Balaban J connectivity index is 2.01. The van der Waals surface area contributed by atoms with Gasteiger partial charge in [-0.05, 0) is 57.3 Å². The molecule has 0 saturated carbocycles. The van der Waals surface area contributed by atoms with Crippen LogP contribution in [0.5, 0.6) is 0 Å². The molecule has 1 fully saturated rings. The Morgan fingerprint density at radius 2 is 2.22 bits per heavy atom. The molecule has 0 aromatic rings. The van der Waals surface area contributed by atoms with Gasteiger partial charge < -0.3 is 14.7 Å². The molecule has 18 heavy (non-hydrogen) atoms. The van der Waals surface area contributed by atoms with Crippen LogP contribution in [0.3, 0.4) is 0 Å². The smallest absolute Gasteiger partial charge is 0.410 e. The van der Waals surface area contributed by atoms with Crippen LogP contribution in [0, 0.1) is 5.92 Å². The molecular formula is C14H21NO3. The van der Waals surface area contributed by atoms with Crippen molar-refractivity contribution in [2.75, 3.05) is 13.1 Å². The van der Waals surface area contributed by atoms with Crippen molar-refractivity contribution in [2.24, 2.45) is 5.92 Å². The summed E-state index contributed by atoms with van der Waals surface area (Å²) in [6.07, 6.45) is 5.17. The summed E-state index contributed by atoms with van der Waals surface area (Å²) in [5.41, 5.74) is 0.670. The second kappa shape index (κ2) is 4.67. The average Bonchev–Trinajstić information content (AvgIpc) is 2.25. The molecule has 0 aromatic carbocycles. The molecule has 1 heterocycles. The first-order valence-electron chi connectivity index (χ1n) is 6.43. The third kappa shape index (κ3) is 3.06. The topological polar surface area (TPSA) is 49.8 Å². The van der Waals surface area contributed by atoms with E-state index in [1.807, 2.05) is 26.8 Å². The van der Waals surface area contributed by atoms with Crippen molar-refractivity contribution < 1.29 is 14.6 Å². The number of rotatable bonds is 0. The van der Waals surface area contributed by atoms with Crippen LogP contribution in [0.2, 0.25) is 0 Å². The molecule has 4 nitrogen and oxygen atoms in total. The molecule has 1 aliphatic carbocycles. The van der Waals surface area contributed by atoms with Crippen LogP contribution in [-0.4, -0.2) is 34.8 Å². The maximum Gasteiger partial charge on any atom is 0.410 e. The van der Waals surface area contributed by atoms with E-state index in [9.17, 15) is 9.90 Å². The number of carbonyl (C=O) groups is 1. The number of likely N-dealkylation sites (tertiary alicyclic amines) is 1. The SMILES string of the molecule is CC(C)(C)OC(=O)N1CCC2CC=C(O)C=C2C1. The van der Waals surface area contributed by atoms with Crippen LogP contribution in [0.1, 0.15) is 33.6 Å². The molecule has 4 heteroatoms. The molecule has 1 atom stereocenters. The van der Waals surface area contributed by atoms with Gasteiger partial charge in [0.15, 0.2) is 0 Å². The molecule has 1 aliphatic heterocycles. The van der Waals surface area contributed by atoms with Crippen LogP contribution < -0.4 is 0 Å². The van der Waals surface area contributed by atoms with Crippen molar-refractivity contribution in [3.63, 3.8) is 0 Å². The molecule has 2 rings (SSSR count). The van der Waals surface area contributed by atoms with Gasteiger partial charge in [-0.1, -0.05) is 0 Å². The van der Waals surface area contributed by atoms with Crippen LogP contribution in [0.15, 0.2) is 23.5 Å². The number of piperidine rings is 1. The third-order valence-corrected chi connectivity index (χ3v) is 3.24. The average molecular weight is 251 g/mol. The zero-order valence-corrected chi connectivity index (χ0v) is 11.3. The molecule has 1 amide bonds. The number of hydrogen-bond donors (Lipinski definition) is 1.